The fourth-order valence-corrected chi connectivity index (χ4v) is 5.68. The number of halogens is 1. The Morgan fingerprint density at radius 1 is 1.00 bits per heavy atom. The van der Waals surface area contributed by atoms with Crippen molar-refractivity contribution in [1.82, 2.24) is 0 Å². The molecule has 1 unspecified atom stereocenters. The lowest BCUT2D eigenvalue weighted by Gasteiger charge is -2.36. The van der Waals surface area contributed by atoms with E-state index < -0.39 is 18.3 Å². The molecule has 5 atom stereocenters. The molecule has 0 radical (unpaired) electrons. The third-order valence-corrected chi connectivity index (χ3v) is 8.07. The van der Waals surface area contributed by atoms with Gasteiger partial charge >= 0.3 is 0 Å². The molecule has 0 bridgehead atoms. The van der Waals surface area contributed by atoms with Gasteiger partial charge in [-0.1, -0.05) is 48.0 Å². The average Bonchev–Trinajstić information content (AvgIpc) is 3.40. The number of rotatable bonds is 5. The summed E-state index contributed by atoms with van der Waals surface area (Å²) in [5.41, 5.74) is 5.29. The summed E-state index contributed by atoms with van der Waals surface area (Å²) in [5.74, 6) is 0.716. The Morgan fingerprint density at radius 3 is 2.42 bits per heavy atom. The third kappa shape index (κ3) is 4.42. The zero-order valence-electron chi connectivity index (χ0n) is 17.7. The van der Waals surface area contributed by atoms with Crippen LogP contribution >= 0.6 is 11.6 Å². The van der Waals surface area contributed by atoms with Gasteiger partial charge in [-0.3, -0.25) is 0 Å². The highest BCUT2D eigenvalue weighted by Gasteiger charge is 2.48. The van der Waals surface area contributed by atoms with Gasteiger partial charge in [-0.05, 0) is 78.2 Å². The smallest absolute Gasteiger partial charge is 0.110 e. The molecule has 2 aliphatic carbocycles. The van der Waals surface area contributed by atoms with Gasteiger partial charge in [0.1, 0.15) is 12.2 Å². The summed E-state index contributed by atoms with van der Waals surface area (Å²) in [6.45, 7) is -0.330. The van der Waals surface area contributed by atoms with Crippen LogP contribution in [-0.4, -0.2) is 40.2 Å². The van der Waals surface area contributed by atoms with Crippen LogP contribution < -0.4 is 0 Å². The van der Waals surface area contributed by atoms with Crippen LogP contribution in [0.1, 0.15) is 72.8 Å². The van der Waals surface area contributed by atoms with Crippen molar-refractivity contribution in [2.45, 2.75) is 75.3 Å². The lowest BCUT2D eigenvalue weighted by Crippen LogP contribution is -2.47. The van der Waals surface area contributed by atoms with E-state index in [9.17, 15) is 15.3 Å². The largest absolute Gasteiger partial charge is 0.394 e. The van der Waals surface area contributed by atoms with Crippen molar-refractivity contribution < 1.29 is 20.1 Å². The van der Waals surface area contributed by atoms with Gasteiger partial charge in [0.2, 0.25) is 0 Å². The molecule has 2 aromatic carbocycles. The fraction of sp³-hybridized carbons (Fsp3) is 0.538. The summed E-state index contributed by atoms with van der Waals surface area (Å²) in [6.07, 6.45) is 4.78. The summed E-state index contributed by atoms with van der Waals surface area (Å²) in [4.78, 5) is 0. The van der Waals surface area contributed by atoms with E-state index in [-0.39, 0.29) is 19.1 Å². The van der Waals surface area contributed by atoms with Crippen LogP contribution in [0.4, 0.5) is 0 Å². The highest BCUT2D eigenvalue weighted by Crippen LogP contribution is 2.61. The molecule has 31 heavy (non-hydrogen) atoms. The van der Waals surface area contributed by atoms with E-state index >= 15 is 0 Å². The third-order valence-electron chi connectivity index (χ3n) is 7.70. The Morgan fingerprint density at radius 2 is 1.74 bits per heavy atom. The monoisotopic (exact) mass is 442 g/mol. The zero-order valence-corrected chi connectivity index (χ0v) is 18.5. The number of aliphatic hydroxyl groups is 3. The maximum absolute atomic E-state index is 10.2. The van der Waals surface area contributed by atoms with Crippen LogP contribution in [0.15, 0.2) is 42.5 Å². The van der Waals surface area contributed by atoms with Gasteiger partial charge in [-0.2, -0.15) is 0 Å². The first kappa shape index (κ1) is 21.4. The van der Waals surface area contributed by atoms with E-state index in [4.69, 9.17) is 16.3 Å². The number of benzene rings is 2. The lowest BCUT2D eigenvalue weighted by molar-refractivity contribution is -0.181. The molecule has 3 fully saturated rings. The van der Waals surface area contributed by atoms with Crippen LogP contribution in [0.2, 0.25) is 5.02 Å². The Labute approximate surface area is 188 Å². The van der Waals surface area contributed by atoms with Crippen LogP contribution in [0, 0.1) is 5.41 Å². The van der Waals surface area contributed by atoms with Crippen LogP contribution in [0.25, 0.3) is 0 Å². The summed E-state index contributed by atoms with van der Waals surface area (Å²) >= 11 is 6.50. The molecule has 0 amide bonds. The predicted molar refractivity (Wildman–Crippen MR) is 120 cm³/mol. The van der Waals surface area contributed by atoms with Crippen LogP contribution in [0.3, 0.4) is 0 Å². The minimum absolute atomic E-state index is 0.288. The van der Waals surface area contributed by atoms with Gasteiger partial charge in [-0.25, -0.2) is 0 Å². The first-order valence-electron chi connectivity index (χ1n) is 11.5. The molecule has 2 aromatic rings. The molecule has 1 aliphatic heterocycles. The second-order valence-electron chi connectivity index (χ2n) is 9.85. The average molecular weight is 443 g/mol. The van der Waals surface area contributed by atoms with Crippen molar-refractivity contribution in [3.05, 3.63) is 69.7 Å². The van der Waals surface area contributed by atoms with E-state index in [2.05, 4.69) is 24.3 Å². The van der Waals surface area contributed by atoms with Crippen LogP contribution in [-0.2, 0) is 11.2 Å². The number of hydrogen-bond donors (Lipinski definition) is 3. The van der Waals surface area contributed by atoms with E-state index in [1.807, 2.05) is 18.2 Å². The standard InChI is InChI=1S/C26H31ClO4/c27-21-6-5-18(23-13-22(29)25(30)24(15-28)31-23)12-20(21)11-16-1-3-17(4-2-16)19-7-8-26(14-19)9-10-26/h1-6,12,19,22-25,28-30H,7-11,13-15H2/t19?,22-,23+,24-,25+/m1/s1. The van der Waals surface area contributed by atoms with Crippen molar-refractivity contribution in [2.24, 2.45) is 5.41 Å². The predicted octanol–water partition coefficient (Wildman–Crippen LogP) is 4.52. The maximum atomic E-state index is 10.2. The number of ether oxygens (including phenoxy) is 1. The first-order chi connectivity index (χ1) is 15.0. The Balaban J connectivity index is 1.29. The van der Waals surface area contributed by atoms with Crippen molar-refractivity contribution in [1.29, 1.82) is 0 Å². The molecule has 3 N–H and O–H groups in total. The molecule has 4 nitrogen and oxygen atoms in total. The van der Waals surface area contributed by atoms with Gasteiger partial charge in [0.05, 0.1) is 18.8 Å². The fourth-order valence-electron chi connectivity index (χ4n) is 5.50. The summed E-state index contributed by atoms with van der Waals surface area (Å²) < 4.78 is 5.84. The minimum atomic E-state index is -1.07. The lowest BCUT2D eigenvalue weighted by atomic mass is 9.91. The second-order valence-corrected chi connectivity index (χ2v) is 10.3. The molecule has 3 aliphatic rings. The molecule has 1 saturated heterocycles. The molecule has 1 heterocycles. The molecule has 2 saturated carbocycles. The Kier molecular flexibility index (Phi) is 5.87. The van der Waals surface area contributed by atoms with Gasteiger partial charge in [-0.15, -0.1) is 0 Å². The Bertz CT molecular complexity index is 924. The molecule has 166 valence electrons. The van der Waals surface area contributed by atoms with Gasteiger partial charge < -0.3 is 20.1 Å². The highest BCUT2D eigenvalue weighted by atomic mass is 35.5. The van der Waals surface area contributed by atoms with Crippen molar-refractivity contribution in [3.63, 3.8) is 0 Å². The van der Waals surface area contributed by atoms with E-state index in [1.165, 1.54) is 43.2 Å². The molecular weight excluding hydrogens is 412 g/mol. The molecular formula is C26H31ClO4. The molecule has 1 spiro atoms. The van der Waals surface area contributed by atoms with Crippen LogP contribution in [0.5, 0.6) is 0 Å². The first-order valence-corrected chi connectivity index (χ1v) is 11.8. The zero-order chi connectivity index (χ0) is 21.6. The number of aliphatic hydroxyl groups excluding tert-OH is 3. The maximum Gasteiger partial charge on any atom is 0.110 e. The summed E-state index contributed by atoms with van der Waals surface area (Å²) in [7, 11) is 0. The second kappa shape index (κ2) is 8.49. The highest BCUT2D eigenvalue weighted by molar-refractivity contribution is 6.31. The summed E-state index contributed by atoms with van der Waals surface area (Å²) in [6, 6.07) is 14.8. The molecule has 5 rings (SSSR count). The number of hydrogen-bond acceptors (Lipinski definition) is 4. The molecule has 5 heteroatoms. The van der Waals surface area contributed by atoms with Crippen molar-refractivity contribution >= 4 is 11.6 Å². The van der Waals surface area contributed by atoms with Gasteiger partial charge in [0, 0.05) is 11.4 Å². The van der Waals surface area contributed by atoms with Gasteiger partial charge in [0.25, 0.3) is 0 Å². The summed E-state index contributed by atoms with van der Waals surface area (Å²) in [5, 5.41) is 30.3. The van der Waals surface area contributed by atoms with E-state index in [1.54, 1.807) is 0 Å². The topological polar surface area (TPSA) is 69.9 Å². The van der Waals surface area contributed by atoms with Crippen molar-refractivity contribution in [2.75, 3.05) is 6.61 Å². The Hall–Kier alpha value is -1.43. The minimum Gasteiger partial charge on any atom is -0.394 e. The molecule has 0 aromatic heterocycles. The van der Waals surface area contributed by atoms with E-state index in [0.717, 1.165) is 17.5 Å². The normalized spacial score (nSPS) is 31.8. The SMILES string of the molecule is OC[C@H]1O[C@H](c2ccc(Cl)c(Cc3ccc(C4CCC5(CC5)C4)cc3)c2)C[C@@H](O)[C@@H]1O. The van der Waals surface area contributed by atoms with Gasteiger partial charge in [0.15, 0.2) is 0 Å². The van der Waals surface area contributed by atoms with Crippen molar-refractivity contribution in [3.8, 4) is 0 Å². The quantitative estimate of drug-likeness (QED) is 0.636. The van der Waals surface area contributed by atoms with E-state index in [0.29, 0.717) is 16.4 Å².